The number of sulfone groups is 1. The number of benzene rings is 1. The molecular weight excluding hydrogens is 411 g/mol. The van der Waals surface area contributed by atoms with E-state index >= 15 is 0 Å². The van der Waals surface area contributed by atoms with Crippen molar-refractivity contribution in [2.75, 3.05) is 5.75 Å². The molecular formula is C20H21FN4O4S. The summed E-state index contributed by atoms with van der Waals surface area (Å²) in [7, 11) is -4.04. The smallest absolute Gasteiger partial charge is 0.250 e. The van der Waals surface area contributed by atoms with Gasteiger partial charge >= 0.3 is 0 Å². The largest absolute Gasteiger partial charge is 0.467 e. The summed E-state index contributed by atoms with van der Waals surface area (Å²) < 4.78 is 45.8. The molecule has 158 valence electrons. The van der Waals surface area contributed by atoms with E-state index in [1.165, 1.54) is 35.1 Å². The normalized spacial score (nSPS) is 15.1. The van der Waals surface area contributed by atoms with Crippen LogP contribution in [0, 0.1) is 5.82 Å². The average Bonchev–Trinajstić information content (AvgIpc) is 3.22. The van der Waals surface area contributed by atoms with Crippen molar-refractivity contribution in [2.45, 2.75) is 43.4 Å². The number of nitrogens with zero attached hydrogens (tertiary/aromatic N) is 3. The minimum Gasteiger partial charge on any atom is -0.467 e. The van der Waals surface area contributed by atoms with Crippen LogP contribution < -0.4 is 5.32 Å². The van der Waals surface area contributed by atoms with Gasteiger partial charge in [-0.3, -0.25) is 9.36 Å². The van der Waals surface area contributed by atoms with Gasteiger partial charge in [0, 0.05) is 5.92 Å². The van der Waals surface area contributed by atoms with Gasteiger partial charge in [-0.1, -0.05) is 12.1 Å². The highest BCUT2D eigenvalue weighted by atomic mass is 32.2. The van der Waals surface area contributed by atoms with Crippen LogP contribution in [-0.2, 0) is 21.2 Å². The standard InChI is InChI=1S/C20H21FN4O4S/c1-13(14-6-8-16(21)9-7-14)22-18(26)12-30(27,28)20-24-23-19(15-4-5-15)25(20)11-17-3-2-10-29-17/h2-3,6-10,13,15H,4-5,11-12H2,1H3,(H,22,26)/t13-/m0/s1. The van der Waals surface area contributed by atoms with Crippen LogP contribution >= 0.6 is 0 Å². The van der Waals surface area contributed by atoms with Gasteiger partial charge in [-0.25, -0.2) is 12.8 Å². The maximum absolute atomic E-state index is 13.1. The highest BCUT2D eigenvalue weighted by Crippen LogP contribution is 2.39. The molecule has 30 heavy (non-hydrogen) atoms. The molecule has 1 aliphatic carbocycles. The van der Waals surface area contributed by atoms with E-state index in [0.29, 0.717) is 17.1 Å². The Kier molecular flexibility index (Phi) is 5.42. The van der Waals surface area contributed by atoms with Gasteiger partial charge in [0.2, 0.25) is 15.7 Å². The number of furan rings is 1. The minimum atomic E-state index is -4.04. The third kappa shape index (κ3) is 4.43. The van der Waals surface area contributed by atoms with Gasteiger partial charge in [-0.2, -0.15) is 0 Å². The Bertz CT molecular complexity index is 1140. The SMILES string of the molecule is C[C@H](NC(=O)CS(=O)(=O)c1nnc(C2CC2)n1Cc1ccco1)c1ccc(F)cc1. The van der Waals surface area contributed by atoms with Gasteiger partial charge in [0.05, 0.1) is 18.8 Å². The predicted octanol–water partition coefficient (Wildman–Crippen LogP) is 2.59. The van der Waals surface area contributed by atoms with E-state index in [2.05, 4.69) is 15.5 Å². The Labute approximate surface area is 173 Å². The highest BCUT2D eigenvalue weighted by Gasteiger charge is 2.34. The number of nitrogens with one attached hydrogen (secondary N) is 1. The molecule has 8 nitrogen and oxygen atoms in total. The lowest BCUT2D eigenvalue weighted by Crippen LogP contribution is -2.33. The molecule has 1 amide bonds. The number of amides is 1. The van der Waals surface area contributed by atoms with Crippen molar-refractivity contribution in [3.05, 3.63) is 65.6 Å². The molecule has 1 aromatic carbocycles. The summed E-state index contributed by atoms with van der Waals surface area (Å²) in [5, 5.41) is 10.4. The Morgan fingerprint density at radius 1 is 1.27 bits per heavy atom. The summed E-state index contributed by atoms with van der Waals surface area (Å²) in [5.41, 5.74) is 0.666. The molecule has 0 saturated heterocycles. The molecule has 4 rings (SSSR count). The second-order valence-corrected chi connectivity index (χ2v) is 9.26. The van der Waals surface area contributed by atoms with Crippen molar-refractivity contribution in [3.8, 4) is 0 Å². The lowest BCUT2D eigenvalue weighted by Gasteiger charge is -2.14. The van der Waals surface area contributed by atoms with Crippen molar-refractivity contribution in [1.29, 1.82) is 0 Å². The van der Waals surface area contributed by atoms with Crippen LogP contribution in [0.25, 0.3) is 0 Å². The molecule has 3 aromatic rings. The first-order chi connectivity index (χ1) is 14.3. The summed E-state index contributed by atoms with van der Waals surface area (Å²) in [5.74, 6) is -0.495. The third-order valence-corrected chi connectivity index (χ3v) is 6.43. The van der Waals surface area contributed by atoms with Crippen LogP contribution in [0.5, 0.6) is 0 Å². The van der Waals surface area contributed by atoms with Gasteiger partial charge in [0.15, 0.2) is 0 Å². The Balaban J connectivity index is 1.51. The third-order valence-electron chi connectivity index (χ3n) is 4.93. The van der Waals surface area contributed by atoms with Crippen molar-refractivity contribution < 1.29 is 22.0 Å². The van der Waals surface area contributed by atoms with E-state index in [4.69, 9.17) is 4.42 Å². The number of carbonyl (C=O) groups is 1. The molecule has 1 fully saturated rings. The Morgan fingerprint density at radius 2 is 2.00 bits per heavy atom. The van der Waals surface area contributed by atoms with E-state index in [0.717, 1.165) is 12.8 Å². The van der Waals surface area contributed by atoms with E-state index in [1.807, 2.05) is 0 Å². The number of hydrogen-bond acceptors (Lipinski definition) is 6. The van der Waals surface area contributed by atoms with Crippen molar-refractivity contribution in [3.63, 3.8) is 0 Å². The molecule has 2 aromatic heterocycles. The van der Waals surface area contributed by atoms with E-state index in [-0.39, 0.29) is 23.4 Å². The molecule has 2 heterocycles. The van der Waals surface area contributed by atoms with Crippen LogP contribution in [0.1, 0.15) is 48.9 Å². The number of carbonyl (C=O) groups excluding carboxylic acids is 1. The number of aromatic nitrogens is 3. The van der Waals surface area contributed by atoms with Gasteiger partial charge in [0.1, 0.15) is 23.2 Å². The molecule has 1 N–H and O–H groups in total. The molecule has 1 aliphatic rings. The zero-order valence-electron chi connectivity index (χ0n) is 16.3. The fourth-order valence-corrected chi connectivity index (χ4v) is 4.45. The van der Waals surface area contributed by atoms with Gasteiger partial charge < -0.3 is 9.73 Å². The maximum atomic E-state index is 13.1. The van der Waals surface area contributed by atoms with Crippen LogP contribution in [0.3, 0.4) is 0 Å². The second kappa shape index (κ2) is 8.02. The summed E-state index contributed by atoms with van der Waals surface area (Å²) in [6, 6.07) is 8.62. The zero-order chi connectivity index (χ0) is 21.3. The minimum absolute atomic E-state index is 0.170. The van der Waals surface area contributed by atoms with Crippen LogP contribution in [0.15, 0.2) is 52.2 Å². The summed E-state index contributed by atoms with van der Waals surface area (Å²) in [6.07, 6.45) is 3.35. The second-order valence-electron chi connectivity index (χ2n) is 7.38. The molecule has 1 saturated carbocycles. The number of rotatable bonds is 8. The first-order valence-electron chi connectivity index (χ1n) is 9.56. The Hall–Kier alpha value is -3.01. The molecule has 0 spiro atoms. The van der Waals surface area contributed by atoms with Crippen LogP contribution in [0.4, 0.5) is 4.39 Å². The predicted molar refractivity (Wildman–Crippen MR) is 105 cm³/mol. The molecule has 0 aliphatic heterocycles. The average molecular weight is 432 g/mol. The quantitative estimate of drug-likeness (QED) is 0.586. The summed E-state index contributed by atoms with van der Waals surface area (Å²) in [6.45, 7) is 1.87. The topological polar surface area (TPSA) is 107 Å². The molecule has 0 unspecified atom stereocenters. The van der Waals surface area contributed by atoms with Gasteiger partial charge in [-0.05, 0) is 49.6 Å². The molecule has 1 atom stereocenters. The molecule has 0 bridgehead atoms. The number of halogens is 1. The van der Waals surface area contributed by atoms with Gasteiger partial charge in [-0.15, -0.1) is 10.2 Å². The van der Waals surface area contributed by atoms with Crippen molar-refractivity contribution in [1.82, 2.24) is 20.1 Å². The maximum Gasteiger partial charge on any atom is 0.250 e. The lowest BCUT2D eigenvalue weighted by atomic mass is 10.1. The van der Waals surface area contributed by atoms with E-state index in [1.54, 1.807) is 19.1 Å². The number of hydrogen-bond donors (Lipinski definition) is 1. The Morgan fingerprint density at radius 3 is 2.63 bits per heavy atom. The molecule has 10 heteroatoms. The fourth-order valence-electron chi connectivity index (χ4n) is 3.24. The van der Waals surface area contributed by atoms with Gasteiger partial charge in [0.25, 0.3) is 5.16 Å². The van der Waals surface area contributed by atoms with Crippen LogP contribution in [-0.4, -0.2) is 34.8 Å². The highest BCUT2D eigenvalue weighted by molar-refractivity contribution is 7.91. The van der Waals surface area contributed by atoms with Crippen molar-refractivity contribution >= 4 is 15.7 Å². The van der Waals surface area contributed by atoms with E-state index < -0.39 is 27.5 Å². The fraction of sp³-hybridized carbons (Fsp3) is 0.350. The first-order valence-corrected chi connectivity index (χ1v) is 11.2. The summed E-state index contributed by atoms with van der Waals surface area (Å²) in [4.78, 5) is 12.4. The molecule has 0 radical (unpaired) electrons. The van der Waals surface area contributed by atoms with E-state index in [9.17, 15) is 17.6 Å². The van der Waals surface area contributed by atoms with Crippen molar-refractivity contribution in [2.24, 2.45) is 0 Å². The monoisotopic (exact) mass is 432 g/mol. The van der Waals surface area contributed by atoms with Crippen LogP contribution in [0.2, 0.25) is 0 Å². The summed E-state index contributed by atoms with van der Waals surface area (Å²) >= 11 is 0. The zero-order valence-corrected chi connectivity index (χ0v) is 17.1. The first kappa shape index (κ1) is 20.3. The lowest BCUT2D eigenvalue weighted by molar-refractivity contribution is -0.119.